The molecule has 3 aromatic rings. The Hall–Kier alpha value is -2.77. The van der Waals surface area contributed by atoms with Crippen LogP contribution in [-0.2, 0) is 16.1 Å². The second-order valence-corrected chi connectivity index (χ2v) is 6.63. The van der Waals surface area contributed by atoms with Gasteiger partial charge < -0.3 is 14.2 Å². The van der Waals surface area contributed by atoms with Crippen molar-refractivity contribution in [2.75, 3.05) is 39.9 Å². The minimum Gasteiger partial charge on any atom is -0.375 e. The summed E-state index contributed by atoms with van der Waals surface area (Å²) in [6, 6.07) is 14.2. The third-order valence-corrected chi connectivity index (χ3v) is 4.85. The molecule has 1 fully saturated rings. The van der Waals surface area contributed by atoms with E-state index in [0.29, 0.717) is 31.3 Å². The molecule has 0 radical (unpaired) electrons. The predicted molar refractivity (Wildman–Crippen MR) is 101 cm³/mol. The van der Waals surface area contributed by atoms with Crippen LogP contribution in [0.2, 0.25) is 0 Å². The maximum absolute atomic E-state index is 11.9. The van der Waals surface area contributed by atoms with Crippen LogP contribution < -0.4 is 0 Å². The molecule has 4 rings (SSSR count). The van der Waals surface area contributed by atoms with E-state index >= 15 is 0 Å². The van der Waals surface area contributed by atoms with E-state index in [1.54, 1.807) is 0 Å². The summed E-state index contributed by atoms with van der Waals surface area (Å²) in [7, 11) is 1.54. The number of piperazine rings is 1. The summed E-state index contributed by atoms with van der Waals surface area (Å²) in [5.41, 5.74) is 0.946. The van der Waals surface area contributed by atoms with Gasteiger partial charge in [-0.05, 0) is 16.8 Å². The molecular weight excluding hydrogens is 344 g/mol. The molecule has 1 amide bonds. The van der Waals surface area contributed by atoms with Gasteiger partial charge in [-0.25, -0.2) is 0 Å². The van der Waals surface area contributed by atoms with Crippen LogP contribution in [-0.4, -0.2) is 65.7 Å². The summed E-state index contributed by atoms with van der Waals surface area (Å²) in [5.74, 6) is 1.24. The highest BCUT2D eigenvalue weighted by molar-refractivity contribution is 5.94. The quantitative estimate of drug-likeness (QED) is 0.689. The molecule has 0 N–H and O–H groups in total. The van der Waals surface area contributed by atoms with Crippen molar-refractivity contribution in [1.82, 2.24) is 19.9 Å². The van der Waals surface area contributed by atoms with Crippen LogP contribution in [0.1, 0.15) is 5.82 Å². The molecule has 7 nitrogen and oxygen atoms in total. The number of aromatic nitrogens is 2. The lowest BCUT2D eigenvalue weighted by Gasteiger charge is -2.33. The second kappa shape index (κ2) is 7.85. The Morgan fingerprint density at radius 1 is 1.11 bits per heavy atom. The molecule has 0 spiro atoms. The van der Waals surface area contributed by atoms with E-state index in [-0.39, 0.29) is 12.5 Å². The molecule has 27 heavy (non-hydrogen) atoms. The van der Waals surface area contributed by atoms with E-state index < -0.39 is 0 Å². The lowest BCUT2D eigenvalue weighted by atomic mass is 10.0. The molecule has 2 heterocycles. The first-order valence-electron chi connectivity index (χ1n) is 9.04. The largest absolute Gasteiger partial charge is 0.375 e. The van der Waals surface area contributed by atoms with Crippen LogP contribution in [0.3, 0.4) is 0 Å². The molecule has 0 aliphatic carbocycles. The first kappa shape index (κ1) is 17.6. The first-order chi connectivity index (χ1) is 13.2. The molecule has 1 aromatic heterocycles. The van der Waals surface area contributed by atoms with E-state index in [2.05, 4.69) is 33.2 Å². The maximum atomic E-state index is 11.9. The van der Waals surface area contributed by atoms with Crippen molar-refractivity contribution in [1.29, 1.82) is 0 Å². The van der Waals surface area contributed by atoms with E-state index in [9.17, 15) is 4.79 Å². The van der Waals surface area contributed by atoms with E-state index in [0.717, 1.165) is 29.4 Å². The number of ether oxygens (including phenoxy) is 1. The maximum Gasteiger partial charge on any atom is 0.258 e. The zero-order valence-corrected chi connectivity index (χ0v) is 15.3. The summed E-state index contributed by atoms with van der Waals surface area (Å²) in [4.78, 5) is 20.5. The van der Waals surface area contributed by atoms with Crippen molar-refractivity contribution in [3.8, 4) is 11.5 Å². The Kier molecular flexibility index (Phi) is 5.13. The molecule has 140 valence electrons. The highest BCUT2D eigenvalue weighted by Crippen LogP contribution is 2.27. The van der Waals surface area contributed by atoms with Crippen molar-refractivity contribution >= 4 is 16.7 Å². The Balaban J connectivity index is 1.43. The zero-order valence-electron chi connectivity index (χ0n) is 15.3. The zero-order chi connectivity index (χ0) is 18.6. The van der Waals surface area contributed by atoms with Crippen molar-refractivity contribution in [3.63, 3.8) is 0 Å². The molecule has 0 bridgehead atoms. The molecule has 1 aliphatic heterocycles. The van der Waals surface area contributed by atoms with Crippen LogP contribution >= 0.6 is 0 Å². The fourth-order valence-electron chi connectivity index (χ4n) is 3.41. The molecule has 2 aromatic carbocycles. The average Bonchev–Trinajstić information content (AvgIpc) is 3.16. The molecule has 1 saturated heterocycles. The van der Waals surface area contributed by atoms with Gasteiger partial charge in [-0.15, -0.1) is 0 Å². The number of rotatable bonds is 5. The van der Waals surface area contributed by atoms with E-state index in [1.165, 1.54) is 7.11 Å². The highest BCUT2D eigenvalue weighted by Gasteiger charge is 2.22. The minimum atomic E-state index is 0.0370. The average molecular weight is 366 g/mol. The van der Waals surface area contributed by atoms with Gasteiger partial charge in [-0.3, -0.25) is 9.69 Å². The summed E-state index contributed by atoms with van der Waals surface area (Å²) in [6.07, 6.45) is 0. The highest BCUT2D eigenvalue weighted by atomic mass is 16.5. The summed E-state index contributed by atoms with van der Waals surface area (Å²) < 4.78 is 10.4. The Labute approximate surface area is 157 Å². The van der Waals surface area contributed by atoms with Gasteiger partial charge in [0.2, 0.25) is 5.91 Å². The summed E-state index contributed by atoms with van der Waals surface area (Å²) in [5, 5.41) is 6.39. The third kappa shape index (κ3) is 3.84. The standard InChI is InChI=1S/C20H22N4O3/c1-26-14-19(25)24-11-9-23(10-12-24)13-18-21-20(27-22-18)17-8-4-6-15-5-2-3-7-16(15)17/h2-8H,9-14H2,1H3. The SMILES string of the molecule is COCC(=O)N1CCN(Cc2noc(-c3cccc4ccccc34)n2)CC1. The van der Waals surface area contributed by atoms with Crippen molar-refractivity contribution in [3.05, 3.63) is 48.3 Å². The first-order valence-corrected chi connectivity index (χ1v) is 9.04. The fraction of sp³-hybridized carbons (Fsp3) is 0.350. The molecule has 1 aliphatic rings. The van der Waals surface area contributed by atoms with Gasteiger partial charge in [0, 0.05) is 38.9 Å². The third-order valence-electron chi connectivity index (χ3n) is 4.85. The van der Waals surface area contributed by atoms with Gasteiger partial charge in [0.25, 0.3) is 5.89 Å². The number of carbonyl (C=O) groups excluding carboxylic acids is 1. The number of hydrogen-bond acceptors (Lipinski definition) is 6. The number of benzene rings is 2. The number of hydrogen-bond donors (Lipinski definition) is 0. The summed E-state index contributed by atoms with van der Waals surface area (Å²) in [6.45, 7) is 3.70. The van der Waals surface area contributed by atoms with Gasteiger partial charge >= 0.3 is 0 Å². The Morgan fingerprint density at radius 3 is 2.70 bits per heavy atom. The van der Waals surface area contributed by atoms with Crippen LogP contribution in [0.15, 0.2) is 47.0 Å². The van der Waals surface area contributed by atoms with Crippen molar-refractivity contribution in [2.45, 2.75) is 6.54 Å². The number of fused-ring (bicyclic) bond motifs is 1. The van der Waals surface area contributed by atoms with Crippen LogP contribution in [0.4, 0.5) is 0 Å². The Morgan fingerprint density at radius 2 is 1.89 bits per heavy atom. The number of amides is 1. The van der Waals surface area contributed by atoms with E-state index in [4.69, 9.17) is 9.26 Å². The van der Waals surface area contributed by atoms with E-state index in [1.807, 2.05) is 29.2 Å². The summed E-state index contributed by atoms with van der Waals surface area (Å²) >= 11 is 0. The van der Waals surface area contributed by atoms with Gasteiger partial charge in [-0.2, -0.15) is 4.98 Å². The molecule has 0 atom stereocenters. The normalized spacial score (nSPS) is 15.4. The van der Waals surface area contributed by atoms with Gasteiger partial charge in [0.15, 0.2) is 5.82 Å². The number of nitrogens with zero attached hydrogens (tertiary/aromatic N) is 4. The van der Waals surface area contributed by atoms with Crippen molar-refractivity contribution < 1.29 is 14.1 Å². The smallest absolute Gasteiger partial charge is 0.258 e. The second-order valence-electron chi connectivity index (χ2n) is 6.63. The van der Waals surface area contributed by atoms with Crippen LogP contribution in [0.25, 0.3) is 22.2 Å². The minimum absolute atomic E-state index is 0.0370. The predicted octanol–water partition coefficient (Wildman–Crippen LogP) is 2.18. The fourth-order valence-corrected chi connectivity index (χ4v) is 3.41. The number of carbonyl (C=O) groups is 1. The van der Waals surface area contributed by atoms with Crippen LogP contribution in [0.5, 0.6) is 0 Å². The van der Waals surface area contributed by atoms with Crippen LogP contribution in [0, 0.1) is 0 Å². The molecule has 0 unspecified atom stereocenters. The molecule has 0 saturated carbocycles. The van der Waals surface area contributed by atoms with Gasteiger partial charge in [-0.1, -0.05) is 41.6 Å². The van der Waals surface area contributed by atoms with Gasteiger partial charge in [0.1, 0.15) is 6.61 Å². The lowest BCUT2D eigenvalue weighted by molar-refractivity contribution is -0.136. The lowest BCUT2D eigenvalue weighted by Crippen LogP contribution is -2.49. The number of methoxy groups -OCH3 is 1. The Bertz CT molecular complexity index is 926. The monoisotopic (exact) mass is 366 g/mol. The molecular formula is C20H22N4O3. The molecule has 7 heteroatoms. The van der Waals surface area contributed by atoms with Gasteiger partial charge in [0.05, 0.1) is 6.54 Å². The topological polar surface area (TPSA) is 71.7 Å². The van der Waals surface area contributed by atoms with Crippen molar-refractivity contribution in [2.24, 2.45) is 0 Å².